The van der Waals surface area contributed by atoms with Crippen LogP contribution in [-0.4, -0.2) is 30.9 Å². The maximum absolute atomic E-state index is 13.2. The average Bonchev–Trinajstić information content (AvgIpc) is 3.36. The van der Waals surface area contributed by atoms with E-state index in [1.165, 1.54) is 16.8 Å². The average molecular weight is 382 g/mol. The fourth-order valence-corrected chi connectivity index (χ4v) is 2.93. The molecule has 3 heterocycles. The first-order chi connectivity index (χ1) is 13.0. The van der Waals surface area contributed by atoms with Crippen molar-refractivity contribution in [3.05, 3.63) is 70.2 Å². The molecular formula is C18H15FN6OS. The number of aromatic nitrogens is 5. The predicted octanol–water partition coefficient (Wildman–Crippen LogP) is 4.02. The summed E-state index contributed by atoms with van der Waals surface area (Å²) in [5.74, 6) is 0.735. The molecule has 1 N–H and O–H groups in total. The van der Waals surface area contributed by atoms with E-state index in [0.717, 1.165) is 22.6 Å². The standard InChI is InChI=1S/C18H15FN6OS/c1-11-15(12(2)24(23-11)14-7-5-13(19)6-8-14)10-20-25-17(21-22-18(25)27)16-4-3-9-26-16/h3-10H,1-2H3,(H,22,27)/b20-10-. The zero-order chi connectivity index (χ0) is 19.0. The van der Waals surface area contributed by atoms with Gasteiger partial charge in [0.2, 0.25) is 10.6 Å². The number of halogens is 1. The van der Waals surface area contributed by atoms with Crippen molar-refractivity contribution in [1.82, 2.24) is 24.7 Å². The quantitative estimate of drug-likeness (QED) is 0.427. The third-order valence-electron chi connectivity index (χ3n) is 4.11. The van der Waals surface area contributed by atoms with Crippen LogP contribution in [0.25, 0.3) is 17.3 Å². The Labute approximate surface area is 158 Å². The topological polar surface area (TPSA) is 76.9 Å². The molecule has 4 rings (SSSR count). The Morgan fingerprint density at radius 2 is 2.00 bits per heavy atom. The van der Waals surface area contributed by atoms with Crippen molar-refractivity contribution in [2.75, 3.05) is 0 Å². The number of H-pyrrole nitrogens is 1. The molecule has 0 unspecified atom stereocenters. The van der Waals surface area contributed by atoms with Crippen LogP contribution in [0.4, 0.5) is 4.39 Å². The van der Waals surface area contributed by atoms with Gasteiger partial charge in [-0.1, -0.05) is 0 Å². The normalized spacial score (nSPS) is 11.5. The summed E-state index contributed by atoms with van der Waals surface area (Å²) < 4.78 is 22.1. The fraction of sp³-hybridized carbons (Fsp3) is 0.111. The molecule has 0 fully saturated rings. The van der Waals surface area contributed by atoms with Crippen LogP contribution in [0.15, 0.2) is 52.2 Å². The monoisotopic (exact) mass is 382 g/mol. The van der Waals surface area contributed by atoms with Gasteiger partial charge in [-0.25, -0.2) is 14.2 Å². The summed E-state index contributed by atoms with van der Waals surface area (Å²) in [6, 6.07) is 9.70. The molecule has 0 aliphatic rings. The minimum absolute atomic E-state index is 0.290. The first kappa shape index (κ1) is 17.1. The molecule has 0 atom stereocenters. The van der Waals surface area contributed by atoms with E-state index in [-0.39, 0.29) is 5.82 Å². The Bertz CT molecular complexity index is 1170. The smallest absolute Gasteiger partial charge is 0.219 e. The maximum Gasteiger partial charge on any atom is 0.219 e. The largest absolute Gasteiger partial charge is 0.461 e. The van der Waals surface area contributed by atoms with Crippen LogP contribution < -0.4 is 0 Å². The highest BCUT2D eigenvalue weighted by Gasteiger charge is 2.13. The summed E-state index contributed by atoms with van der Waals surface area (Å²) in [7, 11) is 0. The van der Waals surface area contributed by atoms with Crippen LogP contribution in [-0.2, 0) is 0 Å². The molecule has 3 aromatic heterocycles. The highest BCUT2D eigenvalue weighted by molar-refractivity contribution is 7.71. The van der Waals surface area contributed by atoms with Gasteiger partial charge in [0.1, 0.15) is 5.82 Å². The second-order valence-corrected chi connectivity index (χ2v) is 6.25. The van der Waals surface area contributed by atoms with Crippen LogP contribution >= 0.6 is 12.2 Å². The number of aromatic amines is 1. The summed E-state index contributed by atoms with van der Waals surface area (Å²) in [6.45, 7) is 3.81. The molecule has 0 aliphatic carbocycles. The maximum atomic E-state index is 13.2. The van der Waals surface area contributed by atoms with Crippen LogP contribution in [0, 0.1) is 24.4 Å². The first-order valence-electron chi connectivity index (χ1n) is 8.12. The number of benzene rings is 1. The van der Waals surface area contributed by atoms with Crippen LogP contribution in [0.5, 0.6) is 0 Å². The van der Waals surface area contributed by atoms with Gasteiger partial charge in [0.15, 0.2) is 5.76 Å². The minimum atomic E-state index is -0.290. The Balaban J connectivity index is 1.73. The molecule has 136 valence electrons. The summed E-state index contributed by atoms with van der Waals surface area (Å²) in [4.78, 5) is 0. The second-order valence-electron chi connectivity index (χ2n) is 5.86. The fourth-order valence-electron chi connectivity index (χ4n) is 2.75. The lowest BCUT2D eigenvalue weighted by atomic mass is 10.2. The number of nitrogens with zero attached hydrogens (tertiary/aromatic N) is 5. The van der Waals surface area contributed by atoms with E-state index in [2.05, 4.69) is 20.4 Å². The highest BCUT2D eigenvalue weighted by atomic mass is 32.1. The Morgan fingerprint density at radius 3 is 2.70 bits per heavy atom. The third-order valence-corrected chi connectivity index (χ3v) is 4.38. The molecule has 0 spiro atoms. The highest BCUT2D eigenvalue weighted by Crippen LogP contribution is 2.19. The lowest BCUT2D eigenvalue weighted by molar-refractivity contribution is 0.573. The second kappa shape index (κ2) is 6.76. The van der Waals surface area contributed by atoms with E-state index in [4.69, 9.17) is 16.6 Å². The van der Waals surface area contributed by atoms with E-state index in [0.29, 0.717) is 16.4 Å². The summed E-state index contributed by atoms with van der Waals surface area (Å²) in [5.41, 5.74) is 3.27. The molecule has 1 aromatic carbocycles. The number of rotatable bonds is 4. The van der Waals surface area contributed by atoms with Crippen molar-refractivity contribution >= 4 is 18.4 Å². The molecular weight excluding hydrogens is 367 g/mol. The van der Waals surface area contributed by atoms with E-state index >= 15 is 0 Å². The number of hydrogen-bond donors (Lipinski definition) is 1. The lowest BCUT2D eigenvalue weighted by Gasteiger charge is -2.04. The third kappa shape index (κ3) is 3.13. The molecule has 0 saturated heterocycles. The molecule has 0 radical (unpaired) electrons. The van der Waals surface area contributed by atoms with E-state index in [9.17, 15) is 4.39 Å². The minimum Gasteiger partial charge on any atom is -0.461 e. The van der Waals surface area contributed by atoms with Gasteiger partial charge in [-0.05, 0) is 62.5 Å². The number of aryl methyl sites for hydroxylation is 1. The molecule has 0 bridgehead atoms. The predicted molar refractivity (Wildman–Crippen MR) is 101 cm³/mol. The summed E-state index contributed by atoms with van der Waals surface area (Å²) in [6.07, 6.45) is 3.23. The zero-order valence-corrected chi connectivity index (χ0v) is 15.4. The van der Waals surface area contributed by atoms with Crippen molar-refractivity contribution in [2.45, 2.75) is 13.8 Å². The van der Waals surface area contributed by atoms with Gasteiger partial charge in [-0.3, -0.25) is 0 Å². The molecule has 4 aromatic rings. The van der Waals surface area contributed by atoms with E-state index in [1.807, 2.05) is 13.8 Å². The zero-order valence-electron chi connectivity index (χ0n) is 14.5. The number of hydrogen-bond acceptors (Lipinski definition) is 5. The van der Waals surface area contributed by atoms with Crippen molar-refractivity contribution in [3.8, 4) is 17.3 Å². The van der Waals surface area contributed by atoms with Gasteiger partial charge in [0.25, 0.3) is 0 Å². The molecule has 0 aliphatic heterocycles. The summed E-state index contributed by atoms with van der Waals surface area (Å²) >= 11 is 5.25. The van der Waals surface area contributed by atoms with Gasteiger partial charge in [-0.2, -0.15) is 14.9 Å². The summed E-state index contributed by atoms with van der Waals surface area (Å²) in [5, 5.41) is 15.9. The molecule has 0 saturated carbocycles. The lowest BCUT2D eigenvalue weighted by Crippen LogP contribution is -2.00. The van der Waals surface area contributed by atoms with Crippen molar-refractivity contribution in [1.29, 1.82) is 0 Å². The Kier molecular flexibility index (Phi) is 4.28. The number of furan rings is 1. The molecule has 7 nitrogen and oxygen atoms in total. The molecule has 27 heavy (non-hydrogen) atoms. The molecule has 9 heteroatoms. The Hall–Kier alpha value is -3.33. The Morgan fingerprint density at radius 1 is 1.22 bits per heavy atom. The van der Waals surface area contributed by atoms with Gasteiger partial charge >= 0.3 is 0 Å². The first-order valence-corrected chi connectivity index (χ1v) is 8.53. The molecule has 0 amide bonds. The van der Waals surface area contributed by atoms with Gasteiger partial charge in [0.05, 0.1) is 29.6 Å². The van der Waals surface area contributed by atoms with E-state index in [1.54, 1.807) is 41.4 Å². The van der Waals surface area contributed by atoms with Gasteiger partial charge in [-0.15, -0.1) is 5.10 Å². The van der Waals surface area contributed by atoms with Crippen molar-refractivity contribution in [3.63, 3.8) is 0 Å². The van der Waals surface area contributed by atoms with E-state index < -0.39 is 0 Å². The van der Waals surface area contributed by atoms with Crippen LogP contribution in [0.2, 0.25) is 0 Å². The van der Waals surface area contributed by atoms with Crippen LogP contribution in [0.3, 0.4) is 0 Å². The van der Waals surface area contributed by atoms with Crippen LogP contribution in [0.1, 0.15) is 17.0 Å². The SMILES string of the molecule is Cc1nn(-c2ccc(F)cc2)c(C)c1/C=N\n1c(-c2ccco2)n[nH]c1=S. The van der Waals surface area contributed by atoms with Gasteiger partial charge in [0, 0.05) is 5.56 Å². The van der Waals surface area contributed by atoms with Gasteiger partial charge < -0.3 is 4.42 Å². The number of nitrogens with one attached hydrogen (secondary N) is 1. The van der Waals surface area contributed by atoms with Crippen molar-refractivity contribution in [2.24, 2.45) is 5.10 Å². The van der Waals surface area contributed by atoms with Crippen molar-refractivity contribution < 1.29 is 8.81 Å².